The lowest BCUT2D eigenvalue weighted by atomic mass is 9.95. The SMILES string of the molecule is O=C1C(=O)N(c2cccnc2)[C@H](c2ccc(Cl)cc2)C1=C(O)c1ccc(Cl)cc1. The Labute approximate surface area is 176 Å². The molecule has 2 aromatic carbocycles. The average Bonchev–Trinajstić information content (AvgIpc) is 3.00. The van der Waals surface area contributed by atoms with E-state index >= 15 is 0 Å². The Kier molecular flexibility index (Phi) is 5.09. The standard InChI is InChI=1S/C22H14Cl2N2O3/c23-15-7-3-13(4-8-15)19-18(20(27)14-5-9-16(24)10-6-14)21(28)22(29)26(19)17-2-1-11-25-12-17/h1-12,19,27H/t19-/m1/s1. The van der Waals surface area contributed by atoms with Gasteiger partial charge in [0.25, 0.3) is 11.7 Å². The predicted molar refractivity (Wildman–Crippen MR) is 112 cm³/mol. The van der Waals surface area contributed by atoms with Crippen LogP contribution in [0.3, 0.4) is 0 Å². The molecule has 1 amide bonds. The number of aliphatic hydroxyl groups is 1. The van der Waals surface area contributed by atoms with Crippen molar-refractivity contribution in [2.45, 2.75) is 6.04 Å². The highest BCUT2D eigenvalue weighted by molar-refractivity contribution is 6.51. The van der Waals surface area contributed by atoms with E-state index in [-0.39, 0.29) is 11.3 Å². The van der Waals surface area contributed by atoms with Crippen LogP contribution in [0.5, 0.6) is 0 Å². The fraction of sp³-hybridized carbons (Fsp3) is 0.0455. The first-order chi connectivity index (χ1) is 14.0. The van der Waals surface area contributed by atoms with Crippen LogP contribution in [0, 0.1) is 0 Å². The van der Waals surface area contributed by atoms with Crippen LogP contribution >= 0.6 is 23.2 Å². The van der Waals surface area contributed by atoms with Gasteiger partial charge in [-0.1, -0.05) is 35.3 Å². The Bertz CT molecular complexity index is 1110. The van der Waals surface area contributed by atoms with Gasteiger partial charge in [0.15, 0.2) is 0 Å². The Morgan fingerprint density at radius 3 is 2.14 bits per heavy atom. The predicted octanol–water partition coefficient (Wildman–Crippen LogP) is 5.01. The van der Waals surface area contributed by atoms with Gasteiger partial charge in [0.05, 0.1) is 23.5 Å². The van der Waals surface area contributed by atoms with Crippen LogP contribution in [0.1, 0.15) is 17.2 Å². The van der Waals surface area contributed by atoms with Crippen molar-refractivity contribution in [1.29, 1.82) is 0 Å². The number of carbonyl (C=O) groups is 2. The van der Waals surface area contributed by atoms with E-state index in [1.165, 1.54) is 11.1 Å². The lowest BCUT2D eigenvalue weighted by Gasteiger charge is -2.25. The zero-order valence-corrected chi connectivity index (χ0v) is 16.4. The van der Waals surface area contributed by atoms with E-state index in [4.69, 9.17) is 23.2 Å². The van der Waals surface area contributed by atoms with E-state index in [0.717, 1.165) is 0 Å². The Morgan fingerprint density at radius 1 is 0.931 bits per heavy atom. The number of pyridine rings is 1. The number of nitrogens with zero attached hydrogens (tertiary/aromatic N) is 2. The van der Waals surface area contributed by atoms with Gasteiger partial charge in [-0.25, -0.2) is 0 Å². The van der Waals surface area contributed by atoms with Crippen LogP contribution in [0.4, 0.5) is 5.69 Å². The zero-order chi connectivity index (χ0) is 20.5. The molecule has 0 bridgehead atoms. The molecule has 0 unspecified atom stereocenters. The van der Waals surface area contributed by atoms with Gasteiger partial charge in [0.2, 0.25) is 0 Å². The molecule has 2 heterocycles. The third kappa shape index (κ3) is 3.50. The van der Waals surface area contributed by atoms with Crippen molar-refractivity contribution in [3.05, 3.63) is 99.8 Å². The number of hydrogen-bond donors (Lipinski definition) is 1. The molecule has 1 N–H and O–H groups in total. The molecule has 0 radical (unpaired) electrons. The summed E-state index contributed by atoms with van der Waals surface area (Å²) >= 11 is 11.9. The molecule has 5 nitrogen and oxygen atoms in total. The second-order valence-corrected chi connectivity index (χ2v) is 7.31. The average molecular weight is 425 g/mol. The van der Waals surface area contributed by atoms with E-state index in [1.54, 1.807) is 66.9 Å². The Balaban J connectivity index is 1.94. The molecule has 7 heteroatoms. The minimum Gasteiger partial charge on any atom is -0.507 e. The zero-order valence-electron chi connectivity index (χ0n) is 14.9. The van der Waals surface area contributed by atoms with E-state index < -0.39 is 17.7 Å². The molecule has 1 aliphatic heterocycles. The molecule has 1 aromatic heterocycles. The van der Waals surface area contributed by atoms with Gasteiger partial charge in [-0.05, 0) is 54.1 Å². The molecule has 144 valence electrons. The molecule has 1 fully saturated rings. The van der Waals surface area contributed by atoms with E-state index in [9.17, 15) is 14.7 Å². The second-order valence-electron chi connectivity index (χ2n) is 6.44. The van der Waals surface area contributed by atoms with Gasteiger partial charge in [-0.3, -0.25) is 19.5 Å². The Hall–Kier alpha value is -3.15. The normalized spacial score (nSPS) is 18.3. The van der Waals surface area contributed by atoms with Crippen LogP contribution < -0.4 is 4.90 Å². The smallest absolute Gasteiger partial charge is 0.300 e. The summed E-state index contributed by atoms with van der Waals surface area (Å²) in [5.41, 5.74) is 1.46. The van der Waals surface area contributed by atoms with Gasteiger partial charge in [-0.15, -0.1) is 0 Å². The summed E-state index contributed by atoms with van der Waals surface area (Å²) in [4.78, 5) is 31.2. The molecule has 3 aromatic rings. The topological polar surface area (TPSA) is 70.5 Å². The van der Waals surface area contributed by atoms with Crippen LogP contribution in [0.15, 0.2) is 78.6 Å². The number of aliphatic hydroxyl groups excluding tert-OH is 1. The number of anilines is 1. The molecule has 29 heavy (non-hydrogen) atoms. The molecule has 0 saturated carbocycles. The van der Waals surface area contributed by atoms with Gasteiger partial charge in [0, 0.05) is 21.8 Å². The maximum absolute atomic E-state index is 12.9. The molecular formula is C22H14Cl2N2O3. The summed E-state index contributed by atoms with van der Waals surface area (Å²) in [6, 6.07) is 15.7. The van der Waals surface area contributed by atoms with E-state index in [2.05, 4.69) is 4.98 Å². The van der Waals surface area contributed by atoms with Gasteiger partial charge < -0.3 is 5.11 Å². The fourth-order valence-electron chi connectivity index (χ4n) is 3.32. The number of benzene rings is 2. The summed E-state index contributed by atoms with van der Waals surface area (Å²) in [5, 5.41) is 12.0. The van der Waals surface area contributed by atoms with Crippen LogP contribution in [0.2, 0.25) is 10.0 Å². The summed E-state index contributed by atoms with van der Waals surface area (Å²) in [5.74, 6) is -1.79. The molecule has 1 aliphatic rings. The van der Waals surface area contributed by atoms with Crippen LogP contribution in [-0.4, -0.2) is 21.8 Å². The molecule has 1 saturated heterocycles. The number of aromatic nitrogens is 1. The third-order valence-electron chi connectivity index (χ3n) is 4.67. The number of amides is 1. The van der Waals surface area contributed by atoms with Crippen LogP contribution in [0.25, 0.3) is 5.76 Å². The summed E-state index contributed by atoms with van der Waals surface area (Å²) < 4.78 is 0. The summed E-state index contributed by atoms with van der Waals surface area (Å²) in [7, 11) is 0. The van der Waals surface area contributed by atoms with E-state index in [1.807, 2.05) is 0 Å². The Morgan fingerprint density at radius 2 is 1.55 bits per heavy atom. The fourth-order valence-corrected chi connectivity index (χ4v) is 3.57. The van der Waals surface area contributed by atoms with Crippen molar-refractivity contribution in [3.8, 4) is 0 Å². The number of halogens is 2. The number of ketones is 1. The number of Topliss-reactive ketones (excluding diaryl/α,β-unsaturated/α-hetero) is 1. The molecule has 4 rings (SSSR count). The highest BCUT2D eigenvalue weighted by Gasteiger charge is 2.47. The summed E-state index contributed by atoms with van der Waals surface area (Å²) in [6.07, 6.45) is 3.07. The van der Waals surface area contributed by atoms with Crippen molar-refractivity contribution < 1.29 is 14.7 Å². The molecule has 1 atom stereocenters. The van der Waals surface area contributed by atoms with Crippen molar-refractivity contribution in [2.75, 3.05) is 4.90 Å². The van der Waals surface area contributed by atoms with Crippen molar-refractivity contribution in [2.24, 2.45) is 0 Å². The first-order valence-electron chi connectivity index (χ1n) is 8.70. The van der Waals surface area contributed by atoms with E-state index in [0.29, 0.717) is 26.9 Å². The molecular weight excluding hydrogens is 411 g/mol. The lowest BCUT2D eigenvalue weighted by molar-refractivity contribution is -0.132. The first-order valence-corrected chi connectivity index (χ1v) is 9.45. The third-order valence-corrected chi connectivity index (χ3v) is 5.18. The van der Waals surface area contributed by atoms with Gasteiger partial charge in [0.1, 0.15) is 5.76 Å². The van der Waals surface area contributed by atoms with Crippen LogP contribution in [-0.2, 0) is 9.59 Å². The monoisotopic (exact) mass is 424 g/mol. The highest BCUT2D eigenvalue weighted by atomic mass is 35.5. The summed E-state index contributed by atoms with van der Waals surface area (Å²) in [6.45, 7) is 0. The first kappa shape index (κ1) is 19.2. The second kappa shape index (κ2) is 7.70. The highest BCUT2D eigenvalue weighted by Crippen LogP contribution is 2.42. The van der Waals surface area contributed by atoms with Crippen molar-refractivity contribution >= 4 is 46.3 Å². The largest absolute Gasteiger partial charge is 0.507 e. The van der Waals surface area contributed by atoms with Crippen molar-refractivity contribution in [1.82, 2.24) is 4.98 Å². The number of carbonyl (C=O) groups excluding carboxylic acids is 2. The molecule has 0 spiro atoms. The number of rotatable bonds is 3. The maximum Gasteiger partial charge on any atom is 0.300 e. The van der Waals surface area contributed by atoms with Crippen molar-refractivity contribution in [3.63, 3.8) is 0 Å². The minimum absolute atomic E-state index is 0.0107. The quantitative estimate of drug-likeness (QED) is 0.364. The van der Waals surface area contributed by atoms with Gasteiger partial charge in [-0.2, -0.15) is 0 Å². The lowest BCUT2D eigenvalue weighted by Crippen LogP contribution is -2.29. The minimum atomic E-state index is -0.827. The van der Waals surface area contributed by atoms with Gasteiger partial charge >= 0.3 is 0 Å². The number of hydrogen-bond acceptors (Lipinski definition) is 4. The maximum atomic E-state index is 12.9. The molecule has 0 aliphatic carbocycles.